The second-order valence-corrected chi connectivity index (χ2v) is 6.42. The van der Waals surface area contributed by atoms with E-state index in [0.717, 1.165) is 24.2 Å². The molecular formula is C14H25N5S. The molecule has 1 aliphatic carbocycles. The van der Waals surface area contributed by atoms with Gasteiger partial charge in [0.25, 0.3) is 0 Å². The molecule has 1 heterocycles. The molecule has 5 nitrogen and oxygen atoms in total. The van der Waals surface area contributed by atoms with Gasteiger partial charge in [0.1, 0.15) is 0 Å². The predicted octanol–water partition coefficient (Wildman–Crippen LogP) is 1.41. The number of nitrogens with one attached hydrogen (secondary N) is 2. The zero-order valence-electron chi connectivity index (χ0n) is 12.6. The molecule has 20 heavy (non-hydrogen) atoms. The Hall–Kier alpha value is -1.17. The van der Waals surface area contributed by atoms with Crippen molar-refractivity contribution in [3.63, 3.8) is 0 Å². The Bertz CT molecular complexity index is 443. The summed E-state index contributed by atoms with van der Waals surface area (Å²) in [5, 5.41) is 11.9. The van der Waals surface area contributed by atoms with Crippen LogP contribution in [0.25, 0.3) is 0 Å². The molecule has 0 bridgehead atoms. The predicted molar refractivity (Wildman–Crippen MR) is 86.4 cm³/mol. The Morgan fingerprint density at radius 1 is 1.55 bits per heavy atom. The van der Waals surface area contributed by atoms with Gasteiger partial charge in [-0.25, -0.2) is 0 Å². The van der Waals surface area contributed by atoms with Gasteiger partial charge in [-0.2, -0.15) is 16.9 Å². The molecule has 6 heteroatoms. The summed E-state index contributed by atoms with van der Waals surface area (Å²) in [5.74, 6) is 0.917. The number of aryl methyl sites for hydroxylation is 1. The lowest BCUT2D eigenvalue weighted by Gasteiger charge is -2.17. The molecule has 1 aromatic heterocycles. The van der Waals surface area contributed by atoms with Crippen LogP contribution in [0.4, 0.5) is 0 Å². The van der Waals surface area contributed by atoms with Gasteiger partial charge in [-0.3, -0.25) is 9.67 Å². The monoisotopic (exact) mass is 295 g/mol. The molecule has 1 saturated carbocycles. The van der Waals surface area contributed by atoms with Crippen LogP contribution in [0.5, 0.6) is 0 Å². The van der Waals surface area contributed by atoms with E-state index < -0.39 is 0 Å². The summed E-state index contributed by atoms with van der Waals surface area (Å²) in [6.45, 7) is 0.879. The van der Waals surface area contributed by atoms with Crippen LogP contribution in [0.15, 0.2) is 17.4 Å². The van der Waals surface area contributed by atoms with Crippen LogP contribution in [0.1, 0.15) is 24.8 Å². The fourth-order valence-corrected chi connectivity index (χ4v) is 3.40. The minimum atomic E-state index is 0.567. The minimum absolute atomic E-state index is 0.567. The zero-order chi connectivity index (χ0) is 14.4. The molecule has 2 atom stereocenters. The number of aliphatic imine (C=N–C) groups is 1. The van der Waals surface area contributed by atoms with Crippen LogP contribution in [0.3, 0.4) is 0 Å². The van der Waals surface area contributed by atoms with Crippen LogP contribution in [-0.2, 0) is 13.5 Å². The van der Waals surface area contributed by atoms with E-state index >= 15 is 0 Å². The summed E-state index contributed by atoms with van der Waals surface area (Å²) in [7, 11) is 3.78. The summed E-state index contributed by atoms with van der Waals surface area (Å²) >= 11 is 1.98. The van der Waals surface area contributed by atoms with Crippen molar-refractivity contribution in [2.24, 2.45) is 12.0 Å². The second-order valence-electron chi connectivity index (χ2n) is 5.28. The van der Waals surface area contributed by atoms with Crippen molar-refractivity contribution < 1.29 is 0 Å². The third-order valence-electron chi connectivity index (χ3n) is 3.75. The molecule has 0 amide bonds. The highest BCUT2D eigenvalue weighted by atomic mass is 32.2. The lowest BCUT2D eigenvalue weighted by Crippen LogP contribution is -2.43. The quantitative estimate of drug-likeness (QED) is 0.637. The molecule has 1 aromatic rings. The van der Waals surface area contributed by atoms with Gasteiger partial charge in [-0.05, 0) is 37.5 Å². The summed E-state index contributed by atoms with van der Waals surface area (Å²) < 4.78 is 1.84. The van der Waals surface area contributed by atoms with Gasteiger partial charge in [0.2, 0.25) is 0 Å². The Labute approximate surface area is 125 Å². The second kappa shape index (κ2) is 7.57. The lowest BCUT2D eigenvalue weighted by molar-refractivity contribution is 0.614. The highest BCUT2D eigenvalue weighted by Gasteiger charge is 2.24. The Morgan fingerprint density at radius 2 is 2.40 bits per heavy atom. The van der Waals surface area contributed by atoms with E-state index in [0.29, 0.717) is 6.04 Å². The van der Waals surface area contributed by atoms with Gasteiger partial charge in [0.05, 0.1) is 6.20 Å². The molecule has 2 N–H and O–H groups in total. The standard InChI is InChI=1S/C14H25N5S/c1-15-14(18-12-4-5-13(8-12)20-3)16-7-6-11-9-17-19(2)10-11/h9-10,12-13H,4-8H2,1-3H3,(H2,15,16,18). The average Bonchev–Trinajstić information content (AvgIpc) is 3.06. The SMILES string of the molecule is CN=C(NCCc1cnn(C)c1)NC1CCC(SC)C1. The van der Waals surface area contributed by atoms with E-state index in [1.165, 1.54) is 24.8 Å². The van der Waals surface area contributed by atoms with Crippen LogP contribution >= 0.6 is 11.8 Å². The zero-order valence-corrected chi connectivity index (χ0v) is 13.4. The number of aromatic nitrogens is 2. The number of hydrogen-bond donors (Lipinski definition) is 2. The third-order valence-corrected chi connectivity index (χ3v) is 4.84. The van der Waals surface area contributed by atoms with Gasteiger partial charge in [0.15, 0.2) is 5.96 Å². The van der Waals surface area contributed by atoms with Gasteiger partial charge >= 0.3 is 0 Å². The fraction of sp³-hybridized carbons (Fsp3) is 0.714. The first kappa shape index (κ1) is 15.2. The third kappa shape index (κ3) is 4.44. The molecule has 2 unspecified atom stereocenters. The van der Waals surface area contributed by atoms with E-state index in [1.54, 1.807) is 0 Å². The summed E-state index contributed by atoms with van der Waals surface area (Å²) in [5.41, 5.74) is 1.25. The number of rotatable bonds is 5. The van der Waals surface area contributed by atoms with E-state index in [-0.39, 0.29) is 0 Å². The van der Waals surface area contributed by atoms with Crippen molar-refractivity contribution in [2.75, 3.05) is 19.8 Å². The highest BCUT2D eigenvalue weighted by molar-refractivity contribution is 7.99. The van der Waals surface area contributed by atoms with Crippen molar-refractivity contribution in [3.05, 3.63) is 18.0 Å². The Kier molecular flexibility index (Phi) is 5.76. The van der Waals surface area contributed by atoms with Crippen molar-refractivity contribution in [2.45, 2.75) is 37.0 Å². The minimum Gasteiger partial charge on any atom is -0.356 e. The molecule has 0 aromatic carbocycles. The van der Waals surface area contributed by atoms with Crippen LogP contribution in [0.2, 0.25) is 0 Å². The normalized spacial score (nSPS) is 23.1. The molecular weight excluding hydrogens is 270 g/mol. The number of nitrogens with zero attached hydrogens (tertiary/aromatic N) is 3. The average molecular weight is 295 g/mol. The molecule has 0 aliphatic heterocycles. The maximum Gasteiger partial charge on any atom is 0.191 e. The van der Waals surface area contributed by atoms with Crippen molar-refractivity contribution in [1.29, 1.82) is 0 Å². The largest absolute Gasteiger partial charge is 0.356 e. The van der Waals surface area contributed by atoms with Gasteiger partial charge < -0.3 is 10.6 Å². The maximum atomic E-state index is 4.31. The molecule has 1 aliphatic rings. The first-order chi connectivity index (χ1) is 9.71. The van der Waals surface area contributed by atoms with Crippen LogP contribution in [-0.4, -0.2) is 46.9 Å². The molecule has 0 radical (unpaired) electrons. The van der Waals surface area contributed by atoms with Crippen molar-refractivity contribution in [1.82, 2.24) is 20.4 Å². The van der Waals surface area contributed by atoms with E-state index in [4.69, 9.17) is 0 Å². The topological polar surface area (TPSA) is 54.2 Å². The van der Waals surface area contributed by atoms with Crippen molar-refractivity contribution >= 4 is 17.7 Å². The molecule has 1 fully saturated rings. The molecule has 2 rings (SSSR count). The summed E-state index contributed by atoms with van der Waals surface area (Å²) in [6.07, 6.45) is 10.9. The number of hydrogen-bond acceptors (Lipinski definition) is 3. The molecule has 0 spiro atoms. The Balaban J connectivity index is 1.70. The summed E-state index contributed by atoms with van der Waals surface area (Å²) in [6, 6.07) is 0.567. The van der Waals surface area contributed by atoms with Crippen LogP contribution < -0.4 is 10.6 Å². The van der Waals surface area contributed by atoms with Gasteiger partial charge in [-0.1, -0.05) is 0 Å². The first-order valence-corrected chi connectivity index (χ1v) is 8.47. The molecule has 112 valence electrons. The Morgan fingerprint density at radius 3 is 3.00 bits per heavy atom. The number of thioether (sulfide) groups is 1. The first-order valence-electron chi connectivity index (χ1n) is 7.18. The van der Waals surface area contributed by atoms with E-state index in [1.807, 2.05) is 36.7 Å². The summed E-state index contributed by atoms with van der Waals surface area (Å²) in [4.78, 5) is 4.31. The van der Waals surface area contributed by atoms with Gasteiger partial charge in [-0.15, -0.1) is 0 Å². The van der Waals surface area contributed by atoms with E-state index in [9.17, 15) is 0 Å². The number of guanidine groups is 1. The van der Waals surface area contributed by atoms with Crippen molar-refractivity contribution in [3.8, 4) is 0 Å². The molecule has 0 saturated heterocycles. The fourth-order valence-electron chi connectivity index (χ4n) is 2.60. The smallest absolute Gasteiger partial charge is 0.191 e. The van der Waals surface area contributed by atoms with Crippen LogP contribution in [0, 0.1) is 0 Å². The maximum absolute atomic E-state index is 4.31. The van der Waals surface area contributed by atoms with E-state index in [2.05, 4.69) is 33.2 Å². The highest BCUT2D eigenvalue weighted by Crippen LogP contribution is 2.27. The lowest BCUT2D eigenvalue weighted by atomic mass is 10.2. The van der Waals surface area contributed by atoms with Gasteiger partial charge in [0, 0.05) is 38.1 Å².